The zero-order valence-electron chi connectivity index (χ0n) is 23.4. The van der Waals surface area contributed by atoms with Crippen LogP contribution in [0.25, 0.3) is 0 Å². The number of carbonyl (C=O) groups is 2. The summed E-state index contributed by atoms with van der Waals surface area (Å²) in [7, 11) is 0. The number of likely N-dealkylation sites (tertiary alicyclic amines) is 2. The maximum Gasteiger partial charge on any atom is 0.251 e. The Morgan fingerprint density at radius 1 is 1.15 bits per heavy atom. The largest absolute Gasteiger partial charge is 0.352 e. The van der Waals surface area contributed by atoms with Crippen molar-refractivity contribution in [3.63, 3.8) is 0 Å². The van der Waals surface area contributed by atoms with Crippen molar-refractivity contribution in [2.75, 3.05) is 25.0 Å². The number of ether oxygens (including phenoxy) is 1. The maximum atomic E-state index is 13.0. The lowest BCUT2D eigenvalue weighted by Gasteiger charge is -2.39. The predicted molar refractivity (Wildman–Crippen MR) is 153 cm³/mol. The number of pyridine rings is 1. The lowest BCUT2D eigenvalue weighted by atomic mass is 10.00. The molecule has 3 saturated heterocycles. The van der Waals surface area contributed by atoms with Gasteiger partial charge in [0.2, 0.25) is 5.91 Å². The molecule has 0 bridgehead atoms. The summed E-state index contributed by atoms with van der Waals surface area (Å²) < 4.78 is 6.05. The van der Waals surface area contributed by atoms with E-state index in [2.05, 4.69) is 51.4 Å². The number of carbonyl (C=O) groups excluding carboxylic acids is 2. The minimum atomic E-state index is -0.211. The van der Waals surface area contributed by atoms with Gasteiger partial charge in [-0.2, -0.15) is 0 Å². The number of aryl methyl sites for hydroxylation is 2. The lowest BCUT2D eigenvalue weighted by molar-refractivity contribution is -0.132. The number of hydrogen-bond acceptors (Lipinski definition) is 6. The van der Waals surface area contributed by atoms with E-state index in [4.69, 9.17) is 16.3 Å². The van der Waals surface area contributed by atoms with E-state index in [9.17, 15) is 9.59 Å². The third-order valence-corrected chi connectivity index (χ3v) is 8.38. The number of nitrogens with one attached hydrogen (secondary N) is 2. The van der Waals surface area contributed by atoms with Crippen molar-refractivity contribution >= 4 is 29.2 Å². The van der Waals surface area contributed by atoms with Crippen LogP contribution in [0.5, 0.6) is 0 Å². The number of rotatable bonds is 9. The first kappa shape index (κ1) is 27.9. The van der Waals surface area contributed by atoms with Crippen LogP contribution < -0.4 is 10.6 Å². The SMILES string of the molecule is Cc1cc(C(=O)NCC(C)C)cc(NC2OC2C2CCC(=O)N2C2CCN(Cc3ccc(Cl)c(C)c3)CC2)n1. The van der Waals surface area contributed by atoms with E-state index in [1.165, 1.54) is 5.56 Å². The zero-order valence-corrected chi connectivity index (χ0v) is 24.1. The van der Waals surface area contributed by atoms with Gasteiger partial charge in [0.15, 0.2) is 6.23 Å². The van der Waals surface area contributed by atoms with Crippen LogP contribution in [0.15, 0.2) is 30.3 Å². The lowest BCUT2D eigenvalue weighted by Crippen LogP contribution is -2.50. The highest BCUT2D eigenvalue weighted by molar-refractivity contribution is 6.31. The quantitative estimate of drug-likeness (QED) is 0.443. The summed E-state index contributed by atoms with van der Waals surface area (Å²) in [6.07, 6.45) is 3.05. The molecule has 3 unspecified atom stereocenters. The average Bonchev–Trinajstić information content (AvgIpc) is 3.55. The second-order valence-electron chi connectivity index (χ2n) is 11.6. The van der Waals surface area contributed by atoms with Crippen LogP contribution in [0, 0.1) is 19.8 Å². The number of halogens is 1. The molecule has 0 aliphatic carbocycles. The first-order valence-electron chi connectivity index (χ1n) is 14.2. The molecule has 2 aromatic rings. The van der Waals surface area contributed by atoms with Crippen molar-refractivity contribution in [2.45, 2.75) is 84.3 Å². The molecule has 2 amide bonds. The normalized spacial score (nSPS) is 23.9. The topological polar surface area (TPSA) is 90.1 Å². The van der Waals surface area contributed by atoms with Gasteiger partial charge in [-0.05, 0) is 68.4 Å². The van der Waals surface area contributed by atoms with E-state index in [0.29, 0.717) is 30.3 Å². The van der Waals surface area contributed by atoms with Gasteiger partial charge in [0, 0.05) is 54.9 Å². The molecule has 9 heteroatoms. The number of amides is 2. The molecular formula is C30H40ClN5O3. The van der Waals surface area contributed by atoms with Gasteiger partial charge in [0.1, 0.15) is 11.9 Å². The summed E-state index contributed by atoms with van der Waals surface area (Å²) in [6.45, 7) is 11.5. The van der Waals surface area contributed by atoms with Crippen LogP contribution in [-0.2, 0) is 16.1 Å². The standard InChI is InChI=1S/C30H40ClN5O3/c1-18(2)16-32-29(38)22-14-20(4)33-26(15-22)34-30-28(39-30)25-7-8-27(37)36(25)23-9-11-35(12-10-23)17-21-5-6-24(31)19(3)13-21/h5-6,13-15,18,23,25,28,30H,7-12,16-17H2,1-4H3,(H,32,38)(H,33,34). The molecule has 1 aromatic carbocycles. The number of epoxide rings is 1. The molecule has 39 heavy (non-hydrogen) atoms. The Hall–Kier alpha value is -2.68. The molecule has 210 valence electrons. The number of anilines is 1. The van der Waals surface area contributed by atoms with Crippen LogP contribution in [0.2, 0.25) is 5.02 Å². The Balaban J connectivity index is 1.16. The molecule has 3 aliphatic rings. The Morgan fingerprint density at radius 2 is 1.92 bits per heavy atom. The van der Waals surface area contributed by atoms with E-state index in [1.54, 1.807) is 12.1 Å². The van der Waals surface area contributed by atoms with Gasteiger partial charge in [-0.15, -0.1) is 0 Å². The van der Waals surface area contributed by atoms with Crippen molar-refractivity contribution < 1.29 is 14.3 Å². The summed E-state index contributed by atoms with van der Waals surface area (Å²) in [5.41, 5.74) is 3.73. The summed E-state index contributed by atoms with van der Waals surface area (Å²) in [4.78, 5) is 34.7. The third-order valence-electron chi connectivity index (χ3n) is 7.96. The van der Waals surface area contributed by atoms with E-state index >= 15 is 0 Å². The van der Waals surface area contributed by atoms with Crippen LogP contribution in [-0.4, -0.2) is 70.6 Å². The first-order valence-corrected chi connectivity index (χ1v) is 14.5. The van der Waals surface area contributed by atoms with Gasteiger partial charge >= 0.3 is 0 Å². The number of piperidine rings is 1. The Bertz CT molecular complexity index is 1210. The number of benzene rings is 1. The molecule has 0 radical (unpaired) electrons. The average molecular weight is 554 g/mol. The predicted octanol–water partition coefficient (Wildman–Crippen LogP) is 4.53. The van der Waals surface area contributed by atoms with E-state index < -0.39 is 0 Å². The van der Waals surface area contributed by atoms with Crippen LogP contribution >= 0.6 is 11.6 Å². The Kier molecular flexibility index (Phi) is 8.45. The molecule has 8 nitrogen and oxygen atoms in total. The van der Waals surface area contributed by atoms with E-state index in [0.717, 1.165) is 55.2 Å². The van der Waals surface area contributed by atoms with Crippen LogP contribution in [0.3, 0.4) is 0 Å². The molecule has 0 saturated carbocycles. The second-order valence-corrected chi connectivity index (χ2v) is 12.1. The van der Waals surface area contributed by atoms with Gasteiger partial charge in [0.05, 0.1) is 6.04 Å². The molecule has 1 aromatic heterocycles. The van der Waals surface area contributed by atoms with Crippen molar-refractivity contribution in [1.29, 1.82) is 0 Å². The smallest absolute Gasteiger partial charge is 0.251 e. The van der Waals surface area contributed by atoms with Gasteiger partial charge in [-0.25, -0.2) is 4.98 Å². The minimum absolute atomic E-state index is 0.0629. The van der Waals surface area contributed by atoms with Gasteiger partial charge in [-0.1, -0.05) is 37.6 Å². The second kappa shape index (κ2) is 11.8. The Morgan fingerprint density at radius 3 is 2.64 bits per heavy atom. The summed E-state index contributed by atoms with van der Waals surface area (Å²) in [6, 6.07) is 10.1. The summed E-state index contributed by atoms with van der Waals surface area (Å²) in [5, 5.41) is 7.12. The molecular weight excluding hydrogens is 514 g/mol. The number of aromatic nitrogens is 1. The molecule has 3 atom stereocenters. The van der Waals surface area contributed by atoms with E-state index in [-0.39, 0.29) is 36.2 Å². The van der Waals surface area contributed by atoms with Crippen molar-refractivity contribution in [2.24, 2.45) is 5.92 Å². The fraction of sp³-hybridized carbons (Fsp3) is 0.567. The maximum absolute atomic E-state index is 13.0. The number of hydrogen-bond donors (Lipinski definition) is 2. The van der Waals surface area contributed by atoms with Crippen LogP contribution in [0.1, 0.15) is 66.7 Å². The van der Waals surface area contributed by atoms with Crippen molar-refractivity contribution in [1.82, 2.24) is 20.1 Å². The van der Waals surface area contributed by atoms with Crippen molar-refractivity contribution in [3.05, 3.63) is 57.7 Å². The fourth-order valence-corrected chi connectivity index (χ4v) is 6.01. The first-order chi connectivity index (χ1) is 18.7. The van der Waals surface area contributed by atoms with Crippen LogP contribution in [0.4, 0.5) is 5.82 Å². The highest BCUT2D eigenvalue weighted by atomic mass is 35.5. The molecule has 3 aliphatic heterocycles. The zero-order chi connectivity index (χ0) is 27.7. The highest BCUT2D eigenvalue weighted by Gasteiger charge is 2.52. The summed E-state index contributed by atoms with van der Waals surface area (Å²) >= 11 is 6.19. The molecule has 0 spiro atoms. The third kappa shape index (κ3) is 6.73. The number of nitrogens with zero attached hydrogens (tertiary/aromatic N) is 3. The Labute approximate surface area is 236 Å². The van der Waals surface area contributed by atoms with Gasteiger partial charge in [0.25, 0.3) is 5.91 Å². The molecule has 3 fully saturated rings. The van der Waals surface area contributed by atoms with Gasteiger partial charge < -0.3 is 20.3 Å². The fourth-order valence-electron chi connectivity index (χ4n) is 5.89. The highest BCUT2D eigenvalue weighted by Crippen LogP contribution is 2.38. The van der Waals surface area contributed by atoms with Gasteiger partial charge in [-0.3, -0.25) is 14.5 Å². The monoisotopic (exact) mass is 553 g/mol. The minimum Gasteiger partial charge on any atom is -0.352 e. The summed E-state index contributed by atoms with van der Waals surface area (Å²) in [5.74, 6) is 1.14. The van der Waals surface area contributed by atoms with E-state index in [1.807, 2.05) is 19.9 Å². The molecule has 4 heterocycles. The molecule has 2 N–H and O–H groups in total. The molecule has 5 rings (SSSR count). The van der Waals surface area contributed by atoms with Crippen molar-refractivity contribution in [3.8, 4) is 0 Å².